The number of nitrogens with one attached hydrogen (secondary N) is 2. The number of para-hydroxylation sites is 1. The van der Waals surface area contributed by atoms with E-state index in [2.05, 4.69) is 15.8 Å². The zero-order valence-electron chi connectivity index (χ0n) is 14.8. The van der Waals surface area contributed by atoms with E-state index in [9.17, 15) is 4.79 Å². The minimum atomic E-state index is -0.188. The molecule has 0 aliphatic carbocycles. The number of nitrogens with zero attached hydrogens (tertiary/aromatic N) is 3. The van der Waals surface area contributed by atoms with Gasteiger partial charge in [-0.15, -0.1) is 0 Å². The lowest BCUT2D eigenvalue weighted by Gasteiger charge is -2.07. The summed E-state index contributed by atoms with van der Waals surface area (Å²) < 4.78 is 3.36. The van der Waals surface area contributed by atoms with Crippen molar-refractivity contribution in [2.75, 3.05) is 5.32 Å². The van der Waals surface area contributed by atoms with E-state index in [1.165, 1.54) is 0 Å². The van der Waals surface area contributed by atoms with E-state index >= 15 is 0 Å². The third-order valence-electron chi connectivity index (χ3n) is 4.04. The van der Waals surface area contributed by atoms with Crippen molar-refractivity contribution in [2.45, 2.75) is 6.92 Å². The highest BCUT2D eigenvalue weighted by molar-refractivity contribution is 7.80. The first kappa shape index (κ1) is 18.9. The largest absolute Gasteiger partial charge is 0.325 e. The number of hydrazone groups is 1. The van der Waals surface area contributed by atoms with E-state index in [1.54, 1.807) is 27.7 Å². The second kappa shape index (κ2) is 8.20. The Morgan fingerprint density at radius 3 is 2.48 bits per heavy atom. The van der Waals surface area contributed by atoms with E-state index in [1.807, 2.05) is 56.4 Å². The maximum absolute atomic E-state index is 12.8. The molecule has 138 valence electrons. The molecule has 0 spiro atoms. The van der Waals surface area contributed by atoms with Crippen molar-refractivity contribution in [3.05, 3.63) is 81.2 Å². The van der Waals surface area contributed by atoms with Crippen LogP contribution in [0.4, 0.5) is 5.69 Å². The number of hydrogen-bond acceptors (Lipinski definition) is 3. The average molecular weight is 400 g/mol. The number of aromatic nitrogens is 2. The van der Waals surface area contributed by atoms with Crippen molar-refractivity contribution >= 4 is 40.8 Å². The molecule has 27 heavy (non-hydrogen) atoms. The van der Waals surface area contributed by atoms with E-state index in [4.69, 9.17) is 23.8 Å². The fraction of sp³-hybridized carbons (Fsp3) is 0.105. The molecule has 0 aliphatic heterocycles. The van der Waals surface area contributed by atoms with Gasteiger partial charge in [-0.1, -0.05) is 41.9 Å². The summed E-state index contributed by atoms with van der Waals surface area (Å²) in [5, 5.41) is 7.90. The molecule has 0 aliphatic rings. The van der Waals surface area contributed by atoms with Crippen LogP contribution in [0, 0.1) is 6.92 Å². The fourth-order valence-corrected chi connectivity index (χ4v) is 2.85. The molecule has 0 atom stereocenters. The summed E-state index contributed by atoms with van der Waals surface area (Å²) in [6.07, 6.45) is 1.62. The SMILES string of the molecule is Cc1c(NC(=S)NN=Cc2ccc(Cl)cc2)c(=O)n(-c2ccccc2)n1C. The van der Waals surface area contributed by atoms with E-state index in [0.29, 0.717) is 10.7 Å². The van der Waals surface area contributed by atoms with Gasteiger partial charge >= 0.3 is 0 Å². The lowest BCUT2D eigenvalue weighted by Crippen LogP contribution is -2.28. The molecular formula is C19H18ClN5OS. The molecule has 0 amide bonds. The molecule has 1 aromatic heterocycles. The highest BCUT2D eigenvalue weighted by atomic mass is 35.5. The molecule has 0 unspecified atom stereocenters. The fourth-order valence-electron chi connectivity index (χ4n) is 2.57. The minimum absolute atomic E-state index is 0.188. The first-order valence-electron chi connectivity index (χ1n) is 8.17. The van der Waals surface area contributed by atoms with Gasteiger partial charge in [0.15, 0.2) is 5.11 Å². The number of rotatable bonds is 4. The third kappa shape index (κ3) is 4.27. The van der Waals surface area contributed by atoms with Crippen LogP contribution < -0.4 is 16.3 Å². The van der Waals surface area contributed by atoms with Gasteiger partial charge in [-0.25, -0.2) is 4.68 Å². The lowest BCUT2D eigenvalue weighted by atomic mass is 10.2. The Morgan fingerprint density at radius 1 is 1.15 bits per heavy atom. The van der Waals surface area contributed by atoms with Gasteiger partial charge in [-0.3, -0.25) is 14.9 Å². The summed E-state index contributed by atoms with van der Waals surface area (Å²) >= 11 is 11.1. The number of thiocarbonyl (C=S) groups is 1. The maximum atomic E-state index is 12.8. The first-order valence-corrected chi connectivity index (χ1v) is 8.95. The molecule has 0 fully saturated rings. The quantitative estimate of drug-likeness (QED) is 0.400. The second-order valence-corrected chi connectivity index (χ2v) is 6.66. The van der Waals surface area contributed by atoms with Gasteiger partial charge in [0, 0.05) is 12.1 Å². The van der Waals surface area contributed by atoms with Gasteiger partial charge in [0.25, 0.3) is 5.56 Å². The van der Waals surface area contributed by atoms with Crippen molar-refractivity contribution in [2.24, 2.45) is 12.1 Å². The Hall–Kier alpha value is -2.90. The van der Waals surface area contributed by atoms with E-state index in [-0.39, 0.29) is 10.7 Å². The molecule has 0 radical (unpaired) electrons. The van der Waals surface area contributed by atoms with Gasteiger partial charge in [-0.05, 0) is 49.0 Å². The number of hydrogen-bond donors (Lipinski definition) is 2. The van der Waals surface area contributed by atoms with Gasteiger partial charge in [-0.2, -0.15) is 5.10 Å². The smallest absolute Gasteiger partial charge is 0.295 e. The normalized spacial score (nSPS) is 10.9. The van der Waals surface area contributed by atoms with Crippen LogP contribution in [0.3, 0.4) is 0 Å². The highest BCUT2D eigenvalue weighted by Crippen LogP contribution is 2.13. The maximum Gasteiger partial charge on any atom is 0.295 e. The lowest BCUT2D eigenvalue weighted by molar-refractivity contribution is 0.630. The molecule has 3 aromatic rings. The van der Waals surface area contributed by atoms with Gasteiger partial charge in [0.1, 0.15) is 5.69 Å². The molecule has 2 aromatic carbocycles. The Bertz CT molecular complexity index is 1040. The van der Waals surface area contributed by atoms with Crippen LogP contribution in [-0.2, 0) is 7.05 Å². The Morgan fingerprint density at radius 2 is 1.81 bits per heavy atom. The van der Waals surface area contributed by atoms with Crippen molar-refractivity contribution in [3.8, 4) is 5.69 Å². The zero-order chi connectivity index (χ0) is 19.4. The molecule has 2 N–H and O–H groups in total. The molecule has 0 saturated carbocycles. The molecule has 3 rings (SSSR count). The number of halogens is 1. The molecule has 0 saturated heterocycles. The molecule has 6 nitrogen and oxygen atoms in total. The van der Waals surface area contributed by atoms with Crippen molar-refractivity contribution in [1.82, 2.24) is 14.8 Å². The van der Waals surface area contributed by atoms with Crippen LogP contribution in [0.25, 0.3) is 5.69 Å². The first-order chi connectivity index (χ1) is 13.0. The zero-order valence-corrected chi connectivity index (χ0v) is 16.4. The van der Waals surface area contributed by atoms with E-state index in [0.717, 1.165) is 16.9 Å². The van der Waals surface area contributed by atoms with Crippen LogP contribution in [0.5, 0.6) is 0 Å². The summed E-state index contributed by atoms with van der Waals surface area (Å²) in [5.41, 5.74) is 5.34. The predicted octanol–water partition coefficient (Wildman–Crippen LogP) is 3.46. The summed E-state index contributed by atoms with van der Waals surface area (Å²) in [6, 6.07) is 16.6. The molecule has 8 heteroatoms. The van der Waals surface area contributed by atoms with Crippen molar-refractivity contribution in [3.63, 3.8) is 0 Å². The molecule has 0 bridgehead atoms. The van der Waals surface area contributed by atoms with E-state index < -0.39 is 0 Å². The standard InChI is InChI=1S/C19H18ClN5OS/c1-13-17(18(26)25(24(13)2)16-6-4-3-5-7-16)22-19(27)23-21-12-14-8-10-15(20)11-9-14/h3-12H,1-2H3,(H2,22,23,27). The van der Waals surface area contributed by atoms with Gasteiger partial charge in [0.2, 0.25) is 0 Å². The number of anilines is 1. The van der Waals surface area contributed by atoms with Crippen LogP contribution in [0.15, 0.2) is 64.5 Å². The van der Waals surface area contributed by atoms with Crippen LogP contribution in [-0.4, -0.2) is 20.7 Å². The average Bonchev–Trinajstić information content (AvgIpc) is 2.87. The molecule has 1 heterocycles. The van der Waals surface area contributed by atoms with Gasteiger partial charge < -0.3 is 5.32 Å². The summed E-state index contributed by atoms with van der Waals surface area (Å²) in [7, 11) is 1.82. The van der Waals surface area contributed by atoms with Crippen LogP contribution >= 0.6 is 23.8 Å². The highest BCUT2D eigenvalue weighted by Gasteiger charge is 2.16. The summed E-state index contributed by atoms with van der Waals surface area (Å²) in [5.74, 6) is 0. The molecular weight excluding hydrogens is 382 g/mol. The Kier molecular flexibility index (Phi) is 5.73. The monoisotopic (exact) mass is 399 g/mol. The predicted molar refractivity (Wildman–Crippen MR) is 114 cm³/mol. The summed E-state index contributed by atoms with van der Waals surface area (Å²) in [4.78, 5) is 12.8. The minimum Gasteiger partial charge on any atom is -0.325 e. The number of benzene rings is 2. The third-order valence-corrected chi connectivity index (χ3v) is 4.49. The summed E-state index contributed by atoms with van der Waals surface area (Å²) in [6.45, 7) is 1.85. The van der Waals surface area contributed by atoms with Gasteiger partial charge in [0.05, 0.1) is 17.6 Å². The Labute approximate surface area is 167 Å². The second-order valence-electron chi connectivity index (χ2n) is 5.81. The topological polar surface area (TPSA) is 63.4 Å². The van der Waals surface area contributed by atoms with Crippen molar-refractivity contribution in [1.29, 1.82) is 0 Å². The van der Waals surface area contributed by atoms with Crippen molar-refractivity contribution < 1.29 is 0 Å². The van der Waals surface area contributed by atoms with Crippen LogP contribution in [0.1, 0.15) is 11.3 Å². The Balaban J connectivity index is 1.75. The van der Waals surface area contributed by atoms with Crippen LogP contribution in [0.2, 0.25) is 5.02 Å².